The minimum Gasteiger partial charge on any atom is -0.378 e. The molecular formula is C20H27N7O. The maximum atomic E-state index is 5.43. The van der Waals surface area contributed by atoms with Gasteiger partial charge < -0.3 is 19.5 Å². The zero-order chi connectivity index (χ0) is 19.5. The summed E-state index contributed by atoms with van der Waals surface area (Å²) in [5.74, 6) is 2.63. The predicted molar refractivity (Wildman–Crippen MR) is 111 cm³/mol. The Kier molecular flexibility index (Phi) is 5.38. The molecule has 0 atom stereocenters. The summed E-state index contributed by atoms with van der Waals surface area (Å²) in [6.07, 6.45) is 4.53. The van der Waals surface area contributed by atoms with E-state index in [0.717, 1.165) is 73.5 Å². The lowest BCUT2D eigenvalue weighted by atomic mass is 10.2. The Morgan fingerprint density at radius 1 is 1.14 bits per heavy atom. The van der Waals surface area contributed by atoms with Crippen molar-refractivity contribution >= 4 is 22.8 Å². The molecule has 3 aromatic rings. The molecule has 0 spiro atoms. The molecule has 148 valence electrons. The normalized spacial score (nSPS) is 14.8. The lowest BCUT2D eigenvalue weighted by molar-refractivity contribution is 0.122. The average Bonchev–Trinajstić information content (AvgIpc) is 3.13. The highest BCUT2D eigenvalue weighted by Gasteiger charge is 2.20. The molecule has 8 heteroatoms. The first kappa shape index (κ1) is 18.6. The van der Waals surface area contributed by atoms with Crippen molar-refractivity contribution in [2.75, 3.05) is 43.1 Å². The fraction of sp³-hybridized carbons (Fsp3) is 0.500. The van der Waals surface area contributed by atoms with Gasteiger partial charge in [-0.05, 0) is 32.4 Å². The maximum absolute atomic E-state index is 5.43. The minimum absolute atomic E-state index is 0.216. The molecule has 8 nitrogen and oxygen atoms in total. The third kappa shape index (κ3) is 3.52. The topological polar surface area (TPSA) is 81.0 Å². The van der Waals surface area contributed by atoms with Gasteiger partial charge in [0, 0.05) is 37.4 Å². The predicted octanol–water partition coefficient (Wildman–Crippen LogP) is 3.13. The number of nitrogens with one attached hydrogen (secondary N) is 1. The lowest BCUT2D eigenvalue weighted by Gasteiger charge is -2.27. The van der Waals surface area contributed by atoms with Gasteiger partial charge in [-0.15, -0.1) is 0 Å². The van der Waals surface area contributed by atoms with Crippen molar-refractivity contribution in [2.24, 2.45) is 0 Å². The number of ether oxygens (including phenoxy) is 1. The van der Waals surface area contributed by atoms with Gasteiger partial charge in [-0.25, -0.2) is 19.9 Å². The van der Waals surface area contributed by atoms with E-state index in [4.69, 9.17) is 9.72 Å². The molecular weight excluding hydrogens is 354 g/mol. The summed E-state index contributed by atoms with van der Waals surface area (Å²) < 4.78 is 7.58. The van der Waals surface area contributed by atoms with Crippen molar-refractivity contribution in [3.05, 3.63) is 24.7 Å². The number of fused-ring (bicyclic) bond motifs is 1. The second-order valence-electron chi connectivity index (χ2n) is 7.22. The fourth-order valence-electron chi connectivity index (χ4n) is 3.47. The first-order chi connectivity index (χ1) is 13.7. The second kappa shape index (κ2) is 8.10. The molecule has 28 heavy (non-hydrogen) atoms. The van der Waals surface area contributed by atoms with E-state index in [1.54, 1.807) is 6.33 Å². The zero-order valence-electron chi connectivity index (χ0n) is 16.7. The van der Waals surface area contributed by atoms with Crippen LogP contribution in [0.15, 0.2) is 24.7 Å². The molecule has 1 aliphatic heterocycles. The largest absolute Gasteiger partial charge is 0.378 e. The number of morpholine rings is 1. The van der Waals surface area contributed by atoms with E-state index in [1.807, 2.05) is 6.20 Å². The Morgan fingerprint density at radius 2 is 1.96 bits per heavy atom. The summed E-state index contributed by atoms with van der Waals surface area (Å²) in [5.41, 5.74) is 2.62. The first-order valence-electron chi connectivity index (χ1n) is 9.95. The number of rotatable bonds is 6. The summed E-state index contributed by atoms with van der Waals surface area (Å²) in [5, 5.41) is 3.36. The third-order valence-electron chi connectivity index (χ3n) is 4.88. The van der Waals surface area contributed by atoms with E-state index < -0.39 is 0 Å². The van der Waals surface area contributed by atoms with Crippen LogP contribution in [0.25, 0.3) is 22.6 Å². The standard InChI is InChI=1S/C20H27N7O/c1-4-7-21-18-17-20(24-13-23-18)27(14(2)3)19(25-17)15-5-6-16(22-12-15)26-8-10-28-11-9-26/h5-6,12-14H,4,7-11H2,1-3H3,(H,21,23,24). The summed E-state index contributed by atoms with van der Waals surface area (Å²) in [6.45, 7) is 10.5. The lowest BCUT2D eigenvalue weighted by Crippen LogP contribution is -2.36. The van der Waals surface area contributed by atoms with Gasteiger partial charge in [0.1, 0.15) is 18.0 Å². The van der Waals surface area contributed by atoms with Crippen LogP contribution in [0.2, 0.25) is 0 Å². The third-order valence-corrected chi connectivity index (χ3v) is 4.88. The van der Waals surface area contributed by atoms with Gasteiger partial charge in [0.15, 0.2) is 17.0 Å². The van der Waals surface area contributed by atoms with E-state index >= 15 is 0 Å². The summed E-state index contributed by atoms with van der Waals surface area (Å²) in [6, 6.07) is 4.37. The Bertz CT molecular complexity index is 930. The minimum atomic E-state index is 0.216. The van der Waals surface area contributed by atoms with E-state index in [-0.39, 0.29) is 6.04 Å². The monoisotopic (exact) mass is 381 g/mol. The molecule has 0 unspecified atom stereocenters. The van der Waals surface area contributed by atoms with Crippen LogP contribution in [0.1, 0.15) is 33.2 Å². The molecule has 1 aliphatic rings. The van der Waals surface area contributed by atoms with Crippen LogP contribution in [-0.2, 0) is 4.74 Å². The van der Waals surface area contributed by atoms with Gasteiger partial charge in [-0.2, -0.15) is 0 Å². The number of aromatic nitrogens is 5. The number of pyridine rings is 1. The SMILES string of the molecule is CCCNc1ncnc2c1nc(-c1ccc(N3CCOCC3)nc1)n2C(C)C. The van der Waals surface area contributed by atoms with E-state index in [1.165, 1.54) is 0 Å². The van der Waals surface area contributed by atoms with Gasteiger partial charge in [-0.1, -0.05) is 6.92 Å². The highest BCUT2D eigenvalue weighted by Crippen LogP contribution is 2.30. The van der Waals surface area contributed by atoms with Gasteiger partial charge in [0.2, 0.25) is 0 Å². The Balaban J connectivity index is 1.73. The highest BCUT2D eigenvalue weighted by atomic mass is 16.5. The van der Waals surface area contributed by atoms with Crippen molar-refractivity contribution in [3.63, 3.8) is 0 Å². The summed E-state index contributed by atoms with van der Waals surface area (Å²) in [4.78, 5) is 20.7. The van der Waals surface area contributed by atoms with Gasteiger partial charge in [-0.3, -0.25) is 0 Å². The molecule has 0 radical (unpaired) electrons. The molecule has 0 bridgehead atoms. The summed E-state index contributed by atoms with van der Waals surface area (Å²) in [7, 11) is 0. The number of imidazole rings is 1. The van der Waals surface area contributed by atoms with Gasteiger partial charge in [0.25, 0.3) is 0 Å². The summed E-state index contributed by atoms with van der Waals surface area (Å²) >= 11 is 0. The smallest absolute Gasteiger partial charge is 0.166 e. The Labute approximate surface area is 165 Å². The van der Waals surface area contributed by atoms with Crippen LogP contribution >= 0.6 is 0 Å². The van der Waals surface area contributed by atoms with Crippen LogP contribution in [0.5, 0.6) is 0 Å². The molecule has 4 rings (SSSR count). The maximum Gasteiger partial charge on any atom is 0.166 e. The molecule has 4 heterocycles. The molecule has 1 N–H and O–H groups in total. The van der Waals surface area contributed by atoms with Gasteiger partial charge >= 0.3 is 0 Å². The Hall–Kier alpha value is -2.74. The first-order valence-corrected chi connectivity index (χ1v) is 9.95. The van der Waals surface area contributed by atoms with Crippen LogP contribution in [0.3, 0.4) is 0 Å². The molecule has 1 saturated heterocycles. The van der Waals surface area contributed by atoms with Crippen molar-refractivity contribution in [2.45, 2.75) is 33.2 Å². The molecule has 0 aromatic carbocycles. The van der Waals surface area contributed by atoms with Crippen molar-refractivity contribution < 1.29 is 4.74 Å². The van der Waals surface area contributed by atoms with Crippen LogP contribution in [0.4, 0.5) is 11.6 Å². The highest BCUT2D eigenvalue weighted by molar-refractivity contribution is 5.86. The van der Waals surface area contributed by atoms with E-state index in [9.17, 15) is 0 Å². The van der Waals surface area contributed by atoms with Crippen molar-refractivity contribution in [3.8, 4) is 11.4 Å². The van der Waals surface area contributed by atoms with Gasteiger partial charge in [0.05, 0.1) is 13.2 Å². The zero-order valence-corrected chi connectivity index (χ0v) is 16.7. The van der Waals surface area contributed by atoms with Crippen LogP contribution < -0.4 is 10.2 Å². The molecule has 0 saturated carbocycles. The molecule has 0 amide bonds. The number of hydrogen-bond acceptors (Lipinski definition) is 7. The average molecular weight is 381 g/mol. The quantitative estimate of drug-likeness (QED) is 0.702. The molecule has 0 aliphatic carbocycles. The molecule has 1 fully saturated rings. The van der Waals surface area contributed by atoms with Crippen LogP contribution in [0, 0.1) is 0 Å². The van der Waals surface area contributed by atoms with Crippen molar-refractivity contribution in [1.29, 1.82) is 0 Å². The van der Waals surface area contributed by atoms with E-state index in [2.05, 4.69) is 62.6 Å². The number of anilines is 2. The number of hydrogen-bond donors (Lipinski definition) is 1. The van der Waals surface area contributed by atoms with Crippen LogP contribution in [-0.4, -0.2) is 57.4 Å². The number of nitrogens with zero attached hydrogens (tertiary/aromatic N) is 6. The van der Waals surface area contributed by atoms with Crippen molar-refractivity contribution in [1.82, 2.24) is 24.5 Å². The van der Waals surface area contributed by atoms with E-state index in [0.29, 0.717) is 0 Å². The Morgan fingerprint density at radius 3 is 2.64 bits per heavy atom. The molecule has 3 aromatic heterocycles. The second-order valence-corrected chi connectivity index (χ2v) is 7.22. The fourth-order valence-corrected chi connectivity index (χ4v) is 3.47.